The van der Waals surface area contributed by atoms with E-state index in [0.29, 0.717) is 0 Å². The van der Waals surface area contributed by atoms with Gasteiger partial charge in [-0.25, -0.2) is 0 Å². The molecule has 1 unspecified atom stereocenters. The monoisotopic (exact) mass is 312 g/mol. The standard InChI is InChI=1S/C23H36/c1-3-5-20-12-14-23-17-21(13-15-22(23)16-20)11-10-19-8-6-18(4-2)7-9-19/h12,14,16,18-19,21H,3-11,13,15,17H2,1-2H3. The molecule has 0 nitrogen and oxygen atoms in total. The van der Waals surface area contributed by atoms with E-state index in [2.05, 4.69) is 32.0 Å². The maximum absolute atomic E-state index is 2.50. The number of benzene rings is 1. The number of hydrogen-bond donors (Lipinski definition) is 0. The fraction of sp³-hybridized carbons (Fsp3) is 0.739. The maximum atomic E-state index is 2.50. The number of aryl methyl sites for hydroxylation is 2. The molecule has 0 spiro atoms. The molecule has 3 rings (SSSR count). The van der Waals surface area contributed by atoms with Gasteiger partial charge in [0.25, 0.3) is 0 Å². The zero-order valence-electron chi connectivity index (χ0n) is 15.4. The van der Waals surface area contributed by atoms with Crippen molar-refractivity contribution in [3.63, 3.8) is 0 Å². The van der Waals surface area contributed by atoms with Gasteiger partial charge in [-0.15, -0.1) is 0 Å². The molecule has 0 N–H and O–H groups in total. The Morgan fingerprint density at radius 1 is 0.826 bits per heavy atom. The first-order valence-corrected chi connectivity index (χ1v) is 10.4. The summed E-state index contributed by atoms with van der Waals surface area (Å²) in [6.07, 6.45) is 17.1. The van der Waals surface area contributed by atoms with Crippen molar-refractivity contribution in [3.05, 3.63) is 34.9 Å². The average Bonchev–Trinajstić information content (AvgIpc) is 2.60. The molecule has 0 amide bonds. The van der Waals surface area contributed by atoms with Crippen molar-refractivity contribution in [1.29, 1.82) is 0 Å². The van der Waals surface area contributed by atoms with E-state index in [1.54, 1.807) is 16.7 Å². The Morgan fingerprint density at radius 2 is 1.57 bits per heavy atom. The van der Waals surface area contributed by atoms with E-state index in [1.807, 2.05) is 0 Å². The van der Waals surface area contributed by atoms with Gasteiger partial charge in [-0.3, -0.25) is 0 Å². The quantitative estimate of drug-likeness (QED) is 0.545. The van der Waals surface area contributed by atoms with Crippen LogP contribution in [-0.4, -0.2) is 0 Å². The summed E-state index contributed by atoms with van der Waals surface area (Å²) < 4.78 is 0. The predicted octanol–water partition coefficient (Wildman–Crippen LogP) is 6.74. The molecule has 1 atom stereocenters. The number of rotatable bonds is 6. The van der Waals surface area contributed by atoms with Crippen LogP contribution in [-0.2, 0) is 19.3 Å². The van der Waals surface area contributed by atoms with Gasteiger partial charge in [-0.1, -0.05) is 77.0 Å². The van der Waals surface area contributed by atoms with E-state index in [1.165, 1.54) is 77.0 Å². The molecular formula is C23H36. The van der Waals surface area contributed by atoms with E-state index >= 15 is 0 Å². The molecule has 0 bridgehead atoms. The van der Waals surface area contributed by atoms with Gasteiger partial charge in [0.15, 0.2) is 0 Å². The normalized spacial score (nSPS) is 27.7. The van der Waals surface area contributed by atoms with Crippen molar-refractivity contribution in [2.45, 2.75) is 90.9 Å². The minimum absolute atomic E-state index is 0.962. The summed E-state index contributed by atoms with van der Waals surface area (Å²) in [6.45, 7) is 4.65. The van der Waals surface area contributed by atoms with Crippen molar-refractivity contribution in [2.75, 3.05) is 0 Å². The fourth-order valence-corrected chi connectivity index (χ4v) is 4.97. The van der Waals surface area contributed by atoms with Crippen LogP contribution in [0.5, 0.6) is 0 Å². The van der Waals surface area contributed by atoms with Crippen LogP contribution in [0, 0.1) is 17.8 Å². The number of hydrogen-bond acceptors (Lipinski definition) is 0. The van der Waals surface area contributed by atoms with E-state index in [4.69, 9.17) is 0 Å². The van der Waals surface area contributed by atoms with Crippen molar-refractivity contribution in [1.82, 2.24) is 0 Å². The van der Waals surface area contributed by atoms with Crippen molar-refractivity contribution >= 4 is 0 Å². The molecule has 0 aromatic heterocycles. The molecule has 23 heavy (non-hydrogen) atoms. The molecular weight excluding hydrogens is 276 g/mol. The van der Waals surface area contributed by atoms with E-state index < -0.39 is 0 Å². The van der Waals surface area contributed by atoms with Crippen molar-refractivity contribution in [2.24, 2.45) is 17.8 Å². The Morgan fingerprint density at radius 3 is 2.30 bits per heavy atom. The lowest BCUT2D eigenvalue weighted by molar-refractivity contribution is 0.241. The van der Waals surface area contributed by atoms with Gasteiger partial charge in [0.05, 0.1) is 0 Å². The Balaban J connectivity index is 1.46. The molecule has 0 heterocycles. The van der Waals surface area contributed by atoms with Crippen LogP contribution in [0.2, 0.25) is 0 Å². The molecule has 0 aliphatic heterocycles. The zero-order valence-corrected chi connectivity index (χ0v) is 15.4. The summed E-state index contributed by atoms with van der Waals surface area (Å²) in [5, 5.41) is 0. The molecule has 0 radical (unpaired) electrons. The largest absolute Gasteiger partial charge is 0.0651 e. The van der Waals surface area contributed by atoms with E-state index in [0.717, 1.165) is 17.8 Å². The molecule has 0 heteroatoms. The molecule has 1 aromatic carbocycles. The lowest BCUT2D eigenvalue weighted by Crippen LogP contribution is -2.18. The van der Waals surface area contributed by atoms with Crippen LogP contribution in [0.4, 0.5) is 0 Å². The van der Waals surface area contributed by atoms with Gasteiger partial charge in [-0.2, -0.15) is 0 Å². The van der Waals surface area contributed by atoms with Gasteiger partial charge in [-0.05, 0) is 66.5 Å². The van der Waals surface area contributed by atoms with Crippen molar-refractivity contribution in [3.8, 4) is 0 Å². The van der Waals surface area contributed by atoms with E-state index in [9.17, 15) is 0 Å². The first kappa shape index (κ1) is 17.1. The third-order valence-corrected chi connectivity index (χ3v) is 6.67. The highest BCUT2D eigenvalue weighted by atomic mass is 14.3. The highest BCUT2D eigenvalue weighted by molar-refractivity contribution is 5.34. The molecule has 128 valence electrons. The Hall–Kier alpha value is -0.780. The summed E-state index contributed by atoms with van der Waals surface area (Å²) in [7, 11) is 0. The van der Waals surface area contributed by atoms with Crippen LogP contribution >= 0.6 is 0 Å². The third kappa shape index (κ3) is 4.61. The Labute approximate surface area is 144 Å². The first-order valence-electron chi connectivity index (χ1n) is 10.4. The summed E-state index contributed by atoms with van der Waals surface area (Å²) in [4.78, 5) is 0. The molecule has 1 aromatic rings. The van der Waals surface area contributed by atoms with Gasteiger partial charge >= 0.3 is 0 Å². The Bertz CT molecular complexity index is 479. The summed E-state index contributed by atoms with van der Waals surface area (Å²) >= 11 is 0. The lowest BCUT2D eigenvalue weighted by atomic mass is 9.75. The second-order valence-electron chi connectivity index (χ2n) is 8.33. The minimum atomic E-state index is 0.962. The van der Waals surface area contributed by atoms with Crippen LogP contribution in [0.15, 0.2) is 18.2 Å². The molecule has 2 aliphatic carbocycles. The molecule has 0 saturated heterocycles. The first-order chi connectivity index (χ1) is 11.3. The summed E-state index contributed by atoms with van der Waals surface area (Å²) in [6, 6.07) is 7.33. The van der Waals surface area contributed by atoms with E-state index in [-0.39, 0.29) is 0 Å². The fourth-order valence-electron chi connectivity index (χ4n) is 4.97. The van der Waals surface area contributed by atoms with Gasteiger partial charge in [0, 0.05) is 0 Å². The van der Waals surface area contributed by atoms with Crippen LogP contribution in [0.25, 0.3) is 0 Å². The topological polar surface area (TPSA) is 0 Å². The molecule has 1 saturated carbocycles. The van der Waals surface area contributed by atoms with Crippen LogP contribution < -0.4 is 0 Å². The second kappa shape index (κ2) is 8.36. The highest BCUT2D eigenvalue weighted by Crippen LogP contribution is 2.36. The smallest absolute Gasteiger partial charge is 0.0248 e. The summed E-state index contributed by atoms with van der Waals surface area (Å²) in [5.74, 6) is 3.06. The van der Waals surface area contributed by atoms with Crippen molar-refractivity contribution < 1.29 is 0 Å². The predicted molar refractivity (Wildman–Crippen MR) is 101 cm³/mol. The highest BCUT2D eigenvalue weighted by Gasteiger charge is 2.23. The zero-order chi connectivity index (χ0) is 16.1. The second-order valence-corrected chi connectivity index (χ2v) is 8.33. The van der Waals surface area contributed by atoms with Gasteiger partial charge in [0.2, 0.25) is 0 Å². The molecule has 1 fully saturated rings. The van der Waals surface area contributed by atoms with Crippen LogP contribution in [0.1, 0.15) is 88.3 Å². The third-order valence-electron chi connectivity index (χ3n) is 6.67. The number of fused-ring (bicyclic) bond motifs is 1. The van der Waals surface area contributed by atoms with Gasteiger partial charge < -0.3 is 0 Å². The summed E-state index contributed by atoms with van der Waals surface area (Å²) in [5.41, 5.74) is 4.88. The SMILES string of the molecule is CCCc1ccc2c(c1)CCC(CCC1CCC(CC)CC1)C2. The lowest BCUT2D eigenvalue weighted by Gasteiger charge is -2.30. The average molecular weight is 313 g/mol. The Kier molecular flexibility index (Phi) is 6.20. The maximum Gasteiger partial charge on any atom is -0.0248 e. The van der Waals surface area contributed by atoms with Crippen LogP contribution in [0.3, 0.4) is 0 Å². The van der Waals surface area contributed by atoms with Gasteiger partial charge in [0.1, 0.15) is 0 Å². The minimum Gasteiger partial charge on any atom is -0.0651 e. The molecule has 2 aliphatic rings.